The first kappa shape index (κ1) is 22.8. The highest BCUT2D eigenvalue weighted by atomic mass is 79.9. The van der Waals surface area contributed by atoms with Crippen LogP contribution in [-0.4, -0.2) is 42.8 Å². The van der Waals surface area contributed by atoms with Crippen molar-refractivity contribution in [3.8, 4) is 11.3 Å². The van der Waals surface area contributed by atoms with E-state index >= 15 is 0 Å². The maximum atomic E-state index is 4.96. The topological polar surface area (TPSA) is 23.8 Å². The van der Waals surface area contributed by atoms with E-state index in [1.807, 2.05) is 18.2 Å². The van der Waals surface area contributed by atoms with Gasteiger partial charge in [0.15, 0.2) is 0 Å². The van der Waals surface area contributed by atoms with Gasteiger partial charge in [-0.1, -0.05) is 63.2 Å². The van der Waals surface area contributed by atoms with Crippen molar-refractivity contribution in [3.63, 3.8) is 0 Å². The Balaban J connectivity index is 0.00000256. The van der Waals surface area contributed by atoms with E-state index < -0.39 is 0 Å². The lowest BCUT2D eigenvalue weighted by atomic mass is 9.86. The van der Waals surface area contributed by atoms with Crippen LogP contribution in [0.15, 0.2) is 65.0 Å². The number of piperazine rings is 1. The molecule has 0 N–H and O–H groups in total. The second-order valence-electron chi connectivity index (χ2n) is 8.75. The fraction of sp³-hybridized carbons (Fsp3) is 0.375. The van der Waals surface area contributed by atoms with Crippen molar-refractivity contribution in [2.75, 3.05) is 38.2 Å². The minimum absolute atomic E-state index is 0. The molecule has 160 valence electrons. The number of benzene rings is 2. The molecule has 0 radical (unpaired) electrons. The monoisotopic (exact) mass is 486 g/mol. The third-order valence-corrected chi connectivity index (χ3v) is 6.29. The molecule has 0 unspecified atom stereocenters. The molecule has 0 atom stereocenters. The zero-order valence-electron chi connectivity index (χ0n) is 18.2. The van der Waals surface area contributed by atoms with Gasteiger partial charge in [-0.15, -0.1) is 28.3 Å². The Bertz CT molecular complexity index is 1010. The Morgan fingerprint density at radius 1 is 0.867 bits per heavy atom. The highest BCUT2D eigenvalue weighted by molar-refractivity contribution is 8.93. The highest BCUT2D eigenvalue weighted by Crippen LogP contribution is 2.27. The predicted molar refractivity (Wildman–Crippen MR) is 134 cm³/mol. The van der Waals surface area contributed by atoms with Gasteiger partial charge in [-0.05, 0) is 30.2 Å². The summed E-state index contributed by atoms with van der Waals surface area (Å²) in [6, 6.07) is 19.3. The zero-order valence-corrected chi connectivity index (χ0v) is 20.7. The fourth-order valence-electron chi connectivity index (χ4n) is 3.60. The molecule has 3 aromatic rings. The molecule has 4 rings (SSSR count). The molecule has 1 aromatic heterocycles. The second-order valence-corrected chi connectivity index (χ2v) is 9.58. The second kappa shape index (κ2) is 9.50. The lowest BCUT2D eigenvalue weighted by Crippen LogP contribution is -2.52. The third kappa shape index (κ3) is 5.05. The van der Waals surface area contributed by atoms with Crippen LogP contribution in [0.4, 0.5) is 5.69 Å². The van der Waals surface area contributed by atoms with Gasteiger partial charge < -0.3 is 9.91 Å². The third-order valence-electron chi connectivity index (χ3n) is 5.48. The first-order chi connectivity index (χ1) is 13.9. The number of para-hydroxylation sites is 1. The molecule has 0 amide bonds. The minimum atomic E-state index is 0. The molecule has 1 saturated heterocycles. The first-order valence-corrected chi connectivity index (χ1v) is 11.1. The summed E-state index contributed by atoms with van der Waals surface area (Å²) in [5.41, 5.74) is 4.97. The molecule has 6 heteroatoms. The molecule has 2 aromatic carbocycles. The van der Waals surface area contributed by atoms with Crippen LogP contribution in [-0.2, 0) is 5.41 Å². The van der Waals surface area contributed by atoms with Crippen LogP contribution in [0.2, 0.25) is 0 Å². The number of hydrogen-bond donors (Lipinski definition) is 0. The molecule has 1 aliphatic heterocycles. The Labute approximate surface area is 194 Å². The normalized spacial score (nSPS) is 15.9. The van der Waals surface area contributed by atoms with Crippen molar-refractivity contribution in [3.05, 3.63) is 70.3 Å². The van der Waals surface area contributed by atoms with E-state index in [0.717, 1.165) is 36.7 Å². The average molecular weight is 488 g/mol. The van der Waals surface area contributed by atoms with Crippen LogP contribution >= 0.6 is 28.3 Å². The van der Waals surface area contributed by atoms with Gasteiger partial charge in [0.1, 0.15) is 0 Å². The van der Waals surface area contributed by atoms with Gasteiger partial charge in [-0.2, -0.15) is 0 Å². The van der Waals surface area contributed by atoms with Crippen molar-refractivity contribution >= 4 is 34.0 Å². The average Bonchev–Trinajstić information content (AvgIpc) is 3.12. The number of nitrogens with zero attached hydrogens (tertiary/aromatic N) is 4. The number of hydrogen-bond acceptors (Lipinski definition) is 4. The van der Waals surface area contributed by atoms with Crippen molar-refractivity contribution in [2.45, 2.75) is 26.2 Å². The van der Waals surface area contributed by atoms with Crippen LogP contribution in [0, 0.1) is 0 Å². The first-order valence-electron chi connectivity index (χ1n) is 10.3. The number of aromatic nitrogens is 1. The molecule has 4 nitrogen and oxygen atoms in total. The standard InChI is InChI=1S/C24H30N4S.BrH/c1-24(2,3)20-12-10-19(11-13-20)22-18-29-23(25-21-8-6-5-7-9-21)28(22)27-16-14-26(4)15-17-27;/h5-13,18H,14-17H2,1-4H3;1H. The lowest BCUT2D eigenvalue weighted by molar-refractivity contribution is 0.287. The molecule has 0 spiro atoms. The van der Waals surface area contributed by atoms with Gasteiger partial charge in [0.2, 0.25) is 4.80 Å². The molecule has 1 fully saturated rings. The highest BCUT2D eigenvalue weighted by Gasteiger charge is 2.20. The van der Waals surface area contributed by atoms with Gasteiger partial charge in [-0.3, -0.25) is 0 Å². The van der Waals surface area contributed by atoms with E-state index in [2.05, 4.69) is 84.2 Å². The minimum Gasteiger partial charge on any atom is -0.308 e. The van der Waals surface area contributed by atoms with E-state index in [0.29, 0.717) is 0 Å². The molecule has 30 heavy (non-hydrogen) atoms. The van der Waals surface area contributed by atoms with Crippen LogP contribution in [0.1, 0.15) is 26.3 Å². The molecule has 2 heterocycles. The van der Waals surface area contributed by atoms with Gasteiger partial charge in [-0.25, -0.2) is 9.67 Å². The van der Waals surface area contributed by atoms with Crippen molar-refractivity contribution < 1.29 is 0 Å². The van der Waals surface area contributed by atoms with Crippen LogP contribution in [0.25, 0.3) is 11.3 Å². The SMILES string of the molecule is Br.CN1CCN(n2c(-c3ccc(C(C)(C)C)cc3)csc2=Nc2ccccc2)CC1. The summed E-state index contributed by atoms with van der Waals surface area (Å²) < 4.78 is 2.33. The summed E-state index contributed by atoms with van der Waals surface area (Å²) in [6.45, 7) is 10.9. The Morgan fingerprint density at radius 2 is 1.50 bits per heavy atom. The smallest absolute Gasteiger partial charge is 0.209 e. The van der Waals surface area contributed by atoms with Crippen LogP contribution < -0.4 is 9.81 Å². The maximum absolute atomic E-state index is 4.96. The van der Waals surface area contributed by atoms with Crippen molar-refractivity contribution in [1.29, 1.82) is 0 Å². The van der Waals surface area contributed by atoms with Gasteiger partial charge in [0.25, 0.3) is 0 Å². The van der Waals surface area contributed by atoms with E-state index in [1.165, 1.54) is 16.8 Å². The Kier molecular flexibility index (Phi) is 7.22. The summed E-state index contributed by atoms with van der Waals surface area (Å²) in [6.07, 6.45) is 0. The molecular weight excluding hydrogens is 456 g/mol. The van der Waals surface area contributed by atoms with Gasteiger partial charge in [0, 0.05) is 37.1 Å². The predicted octanol–water partition coefficient (Wildman–Crippen LogP) is 5.21. The molecular formula is C24H31BrN4S. The zero-order chi connectivity index (χ0) is 20.4. The summed E-state index contributed by atoms with van der Waals surface area (Å²) in [7, 11) is 2.19. The molecule has 0 aliphatic carbocycles. The summed E-state index contributed by atoms with van der Waals surface area (Å²) in [4.78, 5) is 8.37. The van der Waals surface area contributed by atoms with E-state index in [4.69, 9.17) is 4.99 Å². The Morgan fingerprint density at radius 3 is 2.10 bits per heavy atom. The van der Waals surface area contributed by atoms with E-state index in [9.17, 15) is 0 Å². The lowest BCUT2D eigenvalue weighted by Gasteiger charge is -2.35. The fourth-order valence-corrected chi connectivity index (χ4v) is 4.52. The van der Waals surface area contributed by atoms with Gasteiger partial charge >= 0.3 is 0 Å². The number of rotatable bonds is 3. The largest absolute Gasteiger partial charge is 0.308 e. The maximum Gasteiger partial charge on any atom is 0.209 e. The summed E-state index contributed by atoms with van der Waals surface area (Å²) in [5, 5.41) is 4.68. The van der Waals surface area contributed by atoms with E-state index in [1.54, 1.807) is 11.3 Å². The summed E-state index contributed by atoms with van der Waals surface area (Å²) in [5.74, 6) is 0. The van der Waals surface area contributed by atoms with Crippen LogP contribution in [0.3, 0.4) is 0 Å². The quantitative estimate of drug-likeness (QED) is 0.507. The van der Waals surface area contributed by atoms with Gasteiger partial charge in [0.05, 0.1) is 11.4 Å². The van der Waals surface area contributed by atoms with Crippen molar-refractivity contribution in [1.82, 2.24) is 9.58 Å². The molecule has 0 saturated carbocycles. The van der Waals surface area contributed by atoms with Crippen molar-refractivity contribution in [2.24, 2.45) is 4.99 Å². The number of halogens is 1. The Hall–Kier alpha value is -1.89. The number of thiazole rings is 1. The van der Waals surface area contributed by atoms with Crippen LogP contribution in [0.5, 0.6) is 0 Å². The summed E-state index contributed by atoms with van der Waals surface area (Å²) >= 11 is 1.71. The molecule has 1 aliphatic rings. The number of likely N-dealkylation sites (N-methyl/N-ethyl adjacent to an activating group) is 1. The molecule has 0 bridgehead atoms. The van der Waals surface area contributed by atoms with E-state index in [-0.39, 0.29) is 22.4 Å².